The highest BCUT2D eigenvalue weighted by Crippen LogP contribution is 2.45. The molecule has 0 fully saturated rings. The lowest BCUT2D eigenvalue weighted by atomic mass is 9.98. The van der Waals surface area contributed by atoms with Crippen molar-refractivity contribution in [3.05, 3.63) is 164 Å². The molecule has 5 heteroatoms. The van der Waals surface area contributed by atoms with Crippen molar-refractivity contribution >= 4 is 53.4 Å². The van der Waals surface area contributed by atoms with Crippen molar-refractivity contribution in [3.8, 4) is 56.4 Å². The van der Waals surface area contributed by atoms with Crippen LogP contribution in [0, 0.1) is 0 Å². The van der Waals surface area contributed by atoms with Gasteiger partial charge in [0.05, 0.1) is 0 Å². The first-order chi connectivity index (χ1) is 24.8. The minimum Gasteiger partial charge on any atom is -0.456 e. The number of benzene rings is 7. The largest absolute Gasteiger partial charge is 0.456 e. The molecule has 234 valence electrons. The lowest BCUT2D eigenvalue weighted by Gasteiger charge is -2.10. The third-order valence-corrected chi connectivity index (χ3v) is 10.6. The number of hydrogen-bond acceptors (Lipinski definition) is 5. The number of aromatic nitrogens is 3. The normalized spacial score (nSPS) is 11.6. The Kier molecular flexibility index (Phi) is 6.64. The molecule has 4 nitrogen and oxygen atoms in total. The van der Waals surface area contributed by atoms with E-state index in [-0.39, 0.29) is 0 Å². The van der Waals surface area contributed by atoms with E-state index < -0.39 is 0 Å². The highest BCUT2D eigenvalue weighted by atomic mass is 32.1. The third-order valence-electron chi connectivity index (χ3n) is 9.34. The van der Waals surface area contributed by atoms with Gasteiger partial charge in [-0.25, -0.2) is 15.0 Å². The Morgan fingerprint density at radius 3 is 1.48 bits per heavy atom. The lowest BCUT2D eigenvalue weighted by Crippen LogP contribution is -2.00. The van der Waals surface area contributed by atoms with Crippen molar-refractivity contribution in [2.45, 2.75) is 0 Å². The summed E-state index contributed by atoms with van der Waals surface area (Å²) in [4.78, 5) is 14.9. The van der Waals surface area contributed by atoms with Gasteiger partial charge >= 0.3 is 0 Å². The molecular weight excluding hydrogens is 631 g/mol. The zero-order chi connectivity index (χ0) is 33.0. The number of thiophene rings is 1. The average Bonchev–Trinajstić information content (AvgIpc) is 3.77. The Bertz CT molecular complexity index is 2820. The van der Waals surface area contributed by atoms with Gasteiger partial charge in [0, 0.05) is 47.6 Å². The lowest BCUT2D eigenvalue weighted by molar-refractivity contribution is 0.669. The number of nitrogens with zero attached hydrogens (tertiary/aromatic N) is 3. The van der Waals surface area contributed by atoms with Crippen LogP contribution in [-0.4, -0.2) is 15.0 Å². The molecule has 0 aliphatic rings. The molecule has 50 heavy (non-hydrogen) atoms. The quantitative estimate of drug-likeness (QED) is 0.185. The molecule has 0 atom stereocenters. The standard InChI is InChI=1S/C45H27N3OS/c1-3-12-28(13-4-1)43-46-44(29-14-5-2-6-15-29)48-45(47-43)32-17-9-16-30(26-32)33-19-10-21-36-37-22-11-20-34(42(37)50-41(33)36)31-24-25-40-38(27-31)35-18-7-8-23-39(35)49-40/h1-27H. The zero-order valence-corrected chi connectivity index (χ0v) is 27.6. The van der Waals surface area contributed by atoms with E-state index in [4.69, 9.17) is 19.4 Å². The fourth-order valence-electron chi connectivity index (χ4n) is 6.93. The predicted molar refractivity (Wildman–Crippen MR) is 207 cm³/mol. The van der Waals surface area contributed by atoms with Gasteiger partial charge in [-0.2, -0.15) is 0 Å². The van der Waals surface area contributed by atoms with Gasteiger partial charge in [-0.3, -0.25) is 0 Å². The van der Waals surface area contributed by atoms with Crippen LogP contribution in [0.1, 0.15) is 0 Å². The van der Waals surface area contributed by atoms with E-state index in [2.05, 4.69) is 91.0 Å². The molecule has 3 aromatic heterocycles. The van der Waals surface area contributed by atoms with Crippen molar-refractivity contribution in [3.63, 3.8) is 0 Å². The maximum absolute atomic E-state index is 6.13. The summed E-state index contributed by atoms with van der Waals surface area (Å²) in [7, 11) is 0. The molecule has 0 aliphatic heterocycles. The molecule has 7 aromatic carbocycles. The third kappa shape index (κ3) is 4.79. The second-order valence-corrected chi connectivity index (χ2v) is 13.4. The van der Waals surface area contributed by atoms with Gasteiger partial charge in [-0.05, 0) is 46.5 Å². The van der Waals surface area contributed by atoms with E-state index in [9.17, 15) is 0 Å². The highest BCUT2D eigenvalue weighted by molar-refractivity contribution is 7.26. The van der Waals surface area contributed by atoms with Crippen LogP contribution in [0.15, 0.2) is 168 Å². The van der Waals surface area contributed by atoms with E-state index in [1.165, 1.54) is 36.9 Å². The Balaban J connectivity index is 1.11. The number of fused-ring (bicyclic) bond motifs is 6. The van der Waals surface area contributed by atoms with Crippen molar-refractivity contribution in [1.29, 1.82) is 0 Å². The molecule has 0 radical (unpaired) electrons. The second kappa shape index (κ2) is 11.6. The van der Waals surface area contributed by atoms with Gasteiger partial charge in [-0.15, -0.1) is 11.3 Å². The van der Waals surface area contributed by atoms with Crippen LogP contribution in [0.4, 0.5) is 0 Å². The smallest absolute Gasteiger partial charge is 0.164 e. The number of furan rings is 1. The van der Waals surface area contributed by atoms with E-state index in [0.717, 1.165) is 44.2 Å². The van der Waals surface area contributed by atoms with E-state index in [1.54, 1.807) is 0 Å². The summed E-state index contributed by atoms with van der Waals surface area (Å²) in [5.41, 5.74) is 9.39. The summed E-state index contributed by atoms with van der Waals surface area (Å²) in [5.74, 6) is 1.95. The topological polar surface area (TPSA) is 51.8 Å². The molecule has 0 aliphatic carbocycles. The average molecular weight is 658 g/mol. The van der Waals surface area contributed by atoms with E-state index >= 15 is 0 Å². The minimum absolute atomic E-state index is 0.646. The minimum atomic E-state index is 0.646. The fourth-order valence-corrected chi connectivity index (χ4v) is 8.30. The molecule has 0 bridgehead atoms. The van der Waals surface area contributed by atoms with Gasteiger partial charge in [-0.1, -0.05) is 140 Å². The first-order valence-corrected chi connectivity index (χ1v) is 17.4. The Morgan fingerprint density at radius 2 is 0.820 bits per heavy atom. The molecule has 0 spiro atoms. The van der Waals surface area contributed by atoms with Crippen molar-refractivity contribution in [1.82, 2.24) is 15.0 Å². The monoisotopic (exact) mass is 657 g/mol. The van der Waals surface area contributed by atoms with Crippen molar-refractivity contribution in [2.24, 2.45) is 0 Å². The van der Waals surface area contributed by atoms with E-state index in [0.29, 0.717) is 17.5 Å². The molecule has 10 rings (SSSR count). The van der Waals surface area contributed by atoms with Crippen LogP contribution >= 0.6 is 11.3 Å². The molecule has 3 heterocycles. The van der Waals surface area contributed by atoms with Crippen LogP contribution in [0.5, 0.6) is 0 Å². The molecular formula is C45H27N3OS. The fraction of sp³-hybridized carbons (Fsp3) is 0. The Labute approximate surface area is 292 Å². The molecule has 0 amide bonds. The van der Waals surface area contributed by atoms with E-state index in [1.807, 2.05) is 84.1 Å². The number of para-hydroxylation sites is 1. The summed E-state index contributed by atoms with van der Waals surface area (Å²) in [5, 5.41) is 4.79. The molecule has 0 saturated carbocycles. The van der Waals surface area contributed by atoms with Crippen LogP contribution in [0.3, 0.4) is 0 Å². The Hall–Kier alpha value is -6.43. The summed E-state index contributed by atoms with van der Waals surface area (Å²) in [6, 6.07) is 56.8. The summed E-state index contributed by atoms with van der Waals surface area (Å²) >= 11 is 1.85. The second-order valence-electron chi connectivity index (χ2n) is 12.4. The zero-order valence-electron chi connectivity index (χ0n) is 26.7. The van der Waals surface area contributed by atoms with Gasteiger partial charge < -0.3 is 4.42 Å². The first-order valence-electron chi connectivity index (χ1n) is 16.6. The molecule has 0 unspecified atom stereocenters. The maximum atomic E-state index is 6.13. The van der Waals surface area contributed by atoms with Gasteiger partial charge in [0.15, 0.2) is 17.5 Å². The van der Waals surface area contributed by atoms with Crippen molar-refractivity contribution in [2.75, 3.05) is 0 Å². The van der Waals surface area contributed by atoms with Crippen LogP contribution in [0.25, 0.3) is 98.5 Å². The summed E-state index contributed by atoms with van der Waals surface area (Å²) in [6.07, 6.45) is 0. The maximum Gasteiger partial charge on any atom is 0.164 e. The number of rotatable bonds is 5. The van der Waals surface area contributed by atoms with Gasteiger partial charge in [0.1, 0.15) is 11.2 Å². The van der Waals surface area contributed by atoms with Crippen LogP contribution in [0.2, 0.25) is 0 Å². The molecule has 0 saturated heterocycles. The molecule has 0 N–H and O–H groups in total. The summed E-state index contributed by atoms with van der Waals surface area (Å²) < 4.78 is 8.66. The number of hydrogen-bond donors (Lipinski definition) is 0. The molecule has 10 aromatic rings. The SMILES string of the molecule is c1ccc(-c2nc(-c3ccccc3)nc(-c3cccc(-c4cccc5c4sc4c(-c6ccc7oc8ccccc8c7c6)cccc45)c3)n2)cc1. The van der Waals surface area contributed by atoms with Crippen LogP contribution in [-0.2, 0) is 0 Å². The Morgan fingerprint density at radius 1 is 0.340 bits per heavy atom. The van der Waals surface area contributed by atoms with Gasteiger partial charge in [0.25, 0.3) is 0 Å². The first kappa shape index (κ1) is 28.6. The van der Waals surface area contributed by atoms with Gasteiger partial charge in [0.2, 0.25) is 0 Å². The van der Waals surface area contributed by atoms with Crippen LogP contribution < -0.4 is 0 Å². The van der Waals surface area contributed by atoms with Crippen molar-refractivity contribution < 1.29 is 4.42 Å². The highest BCUT2D eigenvalue weighted by Gasteiger charge is 2.17. The summed E-state index contributed by atoms with van der Waals surface area (Å²) in [6.45, 7) is 0. The predicted octanol–water partition coefficient (Wildman–Crippen LogP) is 12.5.